The lowest BCUT2D eigenvalue weighted by Gasteiger charge is -2.24. The average Bonchev–Trinajstić information content (AvgIpc) is 1.67. The van der Waals surface area contributed by atoms with Crippen LogP contribution in [0.5, 0.6) is 0 Å². The molecule has 0 saturated heterocycles. The summed E-state index contributed by atoms with van der Waals surface area (Å²) < 4.78 is 0. The summed E-state index contributed by atoms with van der Waals surface area (Å²) in [6.07, 6.45) is 0. The van der Waals surface area contributed by atoms with Crippen molar-refractivity contribution in [3.63, 3.8) is 0 Å². The van der Waals surface area contributed by atoms with E-state index in [9.17, 15) is 0 Å². The molecule has 0 aromatic heterocycles. The van der Waals surface area contributed by atoms with Gasteiger partial charge in [-0.3, -0.25) is 0 Å². The highest BCUT2D eigenvalue weighted by Gasteiger charge is 2.23. The van der Waals surface area contributed by atoms with Crippen molar-refractivity contribution >= 4 is 0 Å². The maximum Gasteiger partial charge on any atom is 0.139 e. The van der Waals surface area contributed by atoms with Crippen LogP contribution in [0.2, 0.25) is 0 Å². The van der Waals surface area contributed by atoms with E-state index in [1.807, 2.05) is 0 Å². The van der Waals surface area contributed by atoms with Crippen LogP contribution < -0.4 is 5.73 Å². The fourth-order valence-electron chi connectivity index (χ4n) is 0.183. The van der Waals surface area contributed by atoms with Gasteiger partial charge in [0.1, 0.15) is 5.72 Å². The van der Waals surface area contributed by atoms with Gasteiger partial charge in [-0.2, -0.15) is 0 Å². The zero-order valence-electron chi connectivity index (χ0n) is 5.26. The van der Waals surface area contributed by atoms with Crippen LogP contribution in [0.25, 0.3) is 0 Å². The number of aliphatic hydroxyl groups is 2. The minimum absolute atomic E-state index is 0.104. The Kier molecular flexibility index (Phi) is 2.40. The number of rotatable bonds is 2. The fourth-order valence-corrected chi connectivity index (χ4v) is 0.183. The molecular weight excluding hydrogens is 106 g/mol. The van der Waals surface area contributed by atoms with E-state index in [1.54, 1.807) is 13.8 Å². The molecule has 50 valence electrons. The maximum absolute atomic E-state index is 8.93. The van der Waals surface area contributed by atoms with E-state index in [2.05, 4.69) is 0 Å². The third-order valence-corrected chi connectivity index (χ3v) is 1.25. The van der Waals surface area contributed by atoms with Crippen LogP contribution in [-0.2, 0) is 0 Å². The number of nitrogens with two attached hydrogens (primary N) is 1. The van der Waals surface area contributed by atoms with Crippen molar-refractivity contribution < 1.29 is 10.2 Å². The molecule has 0 rings (SSSR count). The van der Waals surface area contributed by atoms with Crippen LogP contribution in [0.4, 0.5) is 0 Å². The second-order valence-corrected chi connectivity index (χ2v) is 2.30. The molecule has 0 amide bonds. The van der Waals surface area contributed by atoms with E-state index < -0.39 is 5.72 Å². The first-order valence-electron chi connectivity index (χ1n) is 2.63. The van der Waals surface area contributed by atoms with Crippen molar-refractivity contribution in [3.8, 4) is 0 Å². The molecule has 3 nitrogen and oxygen atoms in total. The molecule has 0 aliphatic rings. The van der Waals surface area contributed by atoms with Gasteiger partial charge in [0.2, 0.25) is 0 Å². The van der Waals surface area contributed by atoms with Gasteiger partial charge in [0.25, 0.3) is 0 Å². The predicted octanol–water partition coefficient (Wildman–Crippen LogP) is -0.718. The molecule has 0 heterocycles. The molecule has 0 fully saturated rings. The molecule has 0 aromatic carbocycles. The predicted molar refractivity (Wildman–Crippen MR) is 31.1 cm³/mol. The van der Waals surface area contributed by atoms with E-state index in [4.69, 9.17) is 15.9 Å². The Morgan fingerprint density at radius 1 is 1.62 bits per heavy atom. The molecule has 0 radical (unpaired) electrons. The summed E-state index contributed by atoms with van der Waals surface area (Å²) in [4.78, 5) is 0. The maximum atomic E-state index is 8.93. The van der Waals surface area contributed by atoms with Crippen molar-refractivity contribution in [2.45, 2.75) is 19.6 Å². The third-order valence-electron chi connectivity index (χ3n) is 1.25. The standard InChI is InChI=1S/C5H13NO2/c1-4(2)5(6,8)3-7/h4,7-8H,3,6H2,1-2H3. The molecule has 0 aliphatic heterocycles. The zero-order valence-corrected chi connectivity index (χ0v) is 5.26. The van der Waals surface area contributed by atoms with Crippen LogP contribution in [0.3, 0.4) is 0 Å². The van der Waals surface area contributed by atoms with Crippen molar-refractivity contribution in [2.24, 2.45) is 11.7 Å². The van der Waals surface area contributed by atoms with Crippen molar-refractivity contribution in [3.05, 3.63) is 0 Å². The molecule has 0 spiro atoms. The van der Waals surface area contributed by atoms with Gasteiger partial charge < -0.3 is 15.9 Å². The van der Waals surface area contributed by atoms with Gasteiger partial charge in [0.05, 0.1) is 6.61 Å². The zero-order chi connectivity index (χ0) is 6.78. The molecule has 3 heteroatoms. The van der Waals surface area contributed by atoms with E-state index in [1.165, 1.54) is 0 Å². The van der Waals surface area contributed by atoms with Crippen LogP contribution in [-0.4, -0.2) is 22.5 Å². The summed E-state index contributed by atoms with van der Waals surface area (Å²) in [5.41, 5.74) is 3.76. The second kappa shape index (κ2) is 2.44. The minimum Gasteiger partial charge on any atom is -0.392 e. The quantitative estimate of drug-likeness (QED) is 0.420. The molecule has 8 heavy (non-hydrogen) atoms. The summed E-state index contributed by atoms with van der Waals surface area (Å²) in [5.74, 6) is -0.104. The topological polar surface area (TPSA) is 66.5 Å². The first-order chi connectivity index (χ1) is 3.50. The Labute approximate surface area is 49.1 Å². The average molecular weight is 119 g/mol. The monoisotopic (exact) mass is 119 g/mol. The van der Waals surface area contributed by atoms with Crippen molar-refractivity contribution in [1.82, 2.24) is 0 Å². The van der Waals surface area contributed by atoms with Gasteiger partial charge in [0.15, 0.2) is 0 Å². The van der Waals surface area contributed by atoms with Gasteiger partial charge in [-0.25, -0.2) is 0 Å². The van der Waals surface area contributed by atoms with Crippen LogP contribution in [0, 0.1) is 5.92 Å². The summed E-state index contributed by atoms with van der Waals surface area (Å²) >= 11 is 0. The Balaban J connectivity index is 3.71. The molecule has 0 bridgehead atoms. The Hall–Kier alpha value is -0.120. The van der Waals surface area contributed by atoms with Crippen LogP contribution in [0.1, 0.15) is 13.8 Å². The summed E-state index contributed by atoms with van der Waals surface area (Å²) in [7, 11) is 0. The third kappa shape index (κ3) is 1.78. The highest BCUT2D eigenvalue weighted by Crippen LogP contribution is 2.07. The Morgan fingerprint density at radius 2 is 2.00 bits per heavy atom. The van der Waals surface area contributed by atoms with E-state index in [0.717, 1.165) is 0 Å². The Bertz CT molecular complexity index is 70.8. The van der Waals surface area contributed by atoms with Crippen LogP contribution >= 0.6 is 0 Å². The minimum atomic E-state index is -1.40. The lowest BCUT2D eigenvalue weighted by Crippen LogP contribution is -2.48. The SMILES string of the molecule is CC(C)C(N)(O)CO. The molecule has 1 unspecified atom stereocenters. The molecule has 0 aromatic rings. The van der Waals surface area contributed by atoms with Gasteiger partial charge in [0, 0.05) is 0 Å². The van der Waals surface area contributed by atoms with Gasteiger partial charge in [-0.05, 0) is 5.92 Å². The van der Waals surface area contributed by atoms with E-state index >= 15 is 0 Å². The first kappa shape index (κ1) is 7.88. The number of hydrogen-bond acceptors (Lipinski definition) is 3. The number of hydrogen-bond donors (Lipinski definition) is 3. The fraction of sp³-hybridized carbons (Fsp3) is 1.00. The normalized spacial score (nSPS) is 18.8. The van der Waals surface area contributed by atoms with Gasteiger partial charge in [-0.15, -0.1) is 0 Å². The Morgan fingerprint density at radius 3 is 2.00 bits per heavy atom. The molecule has 0 aliphatic carbocycles. The number of aliphatic hydroxyl groups excluding tert-OH is 1. The summed E-state index contributed by atoms with van der Waals surface area (Å²) in [6.45, 7) is 3.11. The smallest absolute Gasteiger partial charge is 0.139 e. The van der Waals surface area contributed by atoms with E-state index in [0.29, 0.717) is 0 Å². The highest BCUT2D eigenvalue weighted by atomic mass is 16.3. The van der Waals surface area contributed by atoms with Crippen LogP contribution in [0.15, 0.2) is 0 Å². The molecule has 1 atom stereocenters. The summed E-state index contributed by atoms with van der Waals surface area (Å²) in [5, 5.41) is 17.3. The first-order valence-corrected chi connectivity index (χ1v) is 2.63. The van der Waals surface area contributed by atoms with Crippen molar-refractivity contribution in [2.75, 3.05) is 6.61 Å². The molecule has 4 N–H and O–H groups in total. The van der Waals surface area contributed by atoms with E-state index in [-0.39, 0.29) is 12.5 Å². The largest absolute Gasteiger partial charge is 0.392 e. The summed E-state index contributed by atoms with van der Waals surface area (Å²) in [6, 6.07) is 0. The molecule has 0 saturated carbocycles. The molecular formula is C5H13NO2. The second-order valence-electron chi connectivity index (χ2n) is 2.30. The lowest BCUT2D eigenvalue weighted by molar-refractivity contribution is -0.0457. The highest BCUT2D eigenvalue weighted by molar-refractivity contribution is 4.71. The van der Waals surface area contributed by atoms with Gasteiger partial charge >= 0.3 is 0 Å². The van der Waals surface area contributed by atoms with Crippen molar-refractivity contribution in [1.29, 1.82) is 0 Å². The lowest BCUT2D eigenvalue weighted by atomic mass is 10.0. The van der Waals surface area contributed by atoms with Gasteiger partial charge in [-0.1, -0.05) is 13.8 Å².